The number of hydrogen-bond acceptors (Lipinski definition) is 6. The minimum absolute atomic E-state index is 0.0642. The maximum absolute atomic E-state index is 12.0. The zero-order valence-corrected chi connectivity index (χ0v) is 12.0. The Morgan fingerprint density at radius 1 is 1.52 bits per heavy atom. The van der Waals surface area contributed by atoms with E-state index in [1.54, 1.807) is 6.92 Å². The summed E-state index contributed by atoms with van der Waals surface area (Å²) in [5.74, 6) is -0.414. The van der Waals surface area contributed by atoms with Gasteiger partial charge in [-0.2, -0.15) is 0 Å². The van der Waals surface area contributed by atoms with Crippen LogP contribution in [0, 0.1) is 17.0 Å². The number of nitro groups is 1. The van der Waals surface area contributed by atoms with Gasteiger partial charge in [-0.15, -0.1) is 0 Å². The van der Waals surface area contributed by atoms with Crippen molar-refractivity contribution in [1.29, 1.82) is 0 Å². The lowest BCUT2D eigenvalue weighted by Crippen LogP contribution is -2.07. The first-order chi connectivity index (χ1) is 9.95. The number of benzene rings is 1. The summed E-state index contributed by atoms with van der Waals surface area (Å²) >= 11 is 5.77. The highest BCUT2D eigenvalue weighted by molar-refractivity contribution is 6.31. The molecule has 0 saturated heterocycles. The Balaban J connectivity index is 2.63. The number of carbonyl (C=O) groups excluding carboxylic acids is 1. The Hall–Kier alpha value is -2.41. The number of nitro benzene ring substituents is 1. The van der Waals surface area contributed by atoms with E-state index in [0.29, 0.717) is 0 Å². The van der Waals surface area contributed by atoms with Crippen molar-refractivity contribution < 1.29 is 19.0 Å². The topological polar surface area (TPSA) is 95.5 Å². The number of aromatic nitrogens is 1. The highest BCUT2D eigenvalue weighted by atomic mass is 35.5. The van der Waals surface area contributed by atoms with Crippen LogP contribution >= 0.6 is 11.6 Å². The van der Waals surface area contributed by atoms with E-state index in [0.717, 1.165) is 0 Å². The molecular weight excluding hydrogens is 300 g/mol. The number of ether oxygens (including phenoxy) is 1. The first kappa shape index (κ1) is 15.0. The summed E-state index contributed by atoms with van der Waals surface area (Å²) < 4.78 is 9.89. The summed E-state index contributed by atoms with van der Waals surface area (Å²) in [6.45, 7) is 3.36. The molecule has 0 radical (unpaired) electrons. The van der Waals surface area contributed by atoms with Crippen LogP contribution in [0.4, 0.5) is 5.69 Å². The van der Waals surface area contributed by atoms with Gasteiger partial charge in [0.05, 0.1) is 17.1 Å². The van der Waals surface area contributed by atoms with Crippen LogP contribution in [0.25, 0.3) is 11.3 Å². The largest absolute Gasteiger partial charge is 0.462 e. The fourth-order valence-corrected chi connectivity index (χ4v) is 2.02. The maximum Gasteiger partial charge on any atom is 0.344 e. The fraction of sp³-hybridized carbons (Fsp3) is 0.231. The van der Waals surface area contributed by atoms with Crippen LogP contribution in [-0.4, -0.2) is 22.7 Å². The second-order valence-corrected chi connectivity index (χ2v) is 4.54. The summed E-state index contributed by atoms with van der Waals surface area (Å²) in [4.78, 5) is 22.5. The van der Waals surface area contributed by atoms with Crippen molar-refractivity contribution >= 4 is 23.3 Å². The zero-order valence-electron chi connectivity index (χ0n) is 11.3. The van der Waals surface area contributed by atoms with E-state index in [9.17, 15) is 14.9 Å². The number of carbonyl (C=O) groups is 1. The molecule has 0 aliphatic rings. The van der Waals surface area contributed by atoms with Gasteiger partial charge in [0, 0.05) is 11.1 Å². The Morgan fingerprint density at radius 3 is 2.86 bits per heavy atom. The molecule has 0 amide bonds. The molecule has 0 bridgehead atoms. The predicted molar refractivity (Wildman–Crippen MR) is 74.3 cm³/mol. The van der Waals surface area contributed by atoms with Crippen LogP contribution in [0.3, 0.4) is 0 Å². The molecule has 0 aliphatic heterocycles. The lowest BCUT2D eigenvalue weighted by Gasteiger charge is -2.04. The number of esters is 1. The molecule has 110 valence electrons. The van der Waals surface area contributed by atoms with Crippen molar-refractivity contribution in [1.82, 2.24) is 5.16 Å². The quantitative estimate of drug-likeness (QED) is 0.488. The summed E-state index contributed by atoms with van der Waals surface area (Å²) in [7, 11) is 0. The minimum atomic E-state index is -0.643. The first-order valence-electron chi connectivity index (χ1n) is 6.03. The molecule has 2 rings (SSSR count). The molecule has 1 aromatic carbocycles. The van der Waals surface area contributed by atoms with Crippen LogP contribution in [0.5, 0.6) is 0 Å². The van der Waals surface area contributed by atoms with Crippen molar-refractivity contribution in [3.05, 3.63) is 44.7 Å². The highest BCUT2D eigenvalue weighted by Gasteiger charge is 2.27. The molecule has 1 aromatic heterocycles. The minimum Gasteiger partial charge on any atom is -0.462 e. The highest BCUT2D eigenvalue weighted by Crippen LogP contribution is 2.34. The van der Waals surface area contributed by atoms with Crippen molar-refractivity contribution in [2.24, 2.45) is 0 Å². The Labute approximate surface area is 124 Å². The average Bonchev–Trinajstić information content (AvgIpc) is 2.80. The van der Waals surface area contributed by atoms with Gasteiger partial charge in [0.1, 0.15) is 17.0 Å². The molecule has 21 heavy (non-hydrogen) atoms. The third-order valence-electron chi connectivity index (χ3n) is 2.75. The van der Waals surface area contributed by atoms with Gasteiger partial charge < -0.3 is 9.26 Å². The molecule has 0 unspecified atom stereocenters. The molecule has 0 spiro atoms. The number of nitrogens with zero attached hydrogens (tertiary/aromatic N) is 2. The standard InChI is InChI=1S/C13H11ClN2O5/c1-3-20-13(17)11-7(2)21-15-12(11)9-5-4-8(14)6-10(9)16(18)19/h4-6H,3H2,1-2H3. The van der Waals surface area contributed by atoms with Gasteiger partial charge >= 0.3 is 5.97 Å². The molecule has 0 atom stereocenters. The van der Waals surface area contributed by atoms with Gasteiger partial charge in [0.25, 0.3) is 5.69 Å². The molecular formula is C13H11ClN2O5. The van der Waals surface area contributed by atoms with Crippen LogP contribution in [0.1, 0.15) is 23.0 Å². The number of halogens is 1. The lowest BCUT2D eigenvalue weighted by atomic mass is 10.0. The summed E-state index contributed by atoms with van der Waals surface area (Å²) in [5, 5.41) is 15.1. The van der Waals surface area contributed by atoms with Crippen molar-refractivity contribution in [3.63, 3.8) is 0 Å². The summed E-state index contributed by atoms with van der Waals surface area (Å²) in [5.41, 5.74) is 0.0160. The van der Waals surface area contributed by atoms with Crippen LogP contribution < -0.4 is 0 Å². The smallest absolute Gasteiger partial charge is 0.344 e. The lowest BCUT2D eigenvalue weighted by molar-refractivity contribution is -0.384. The Bertz CT molecular complexity index is 711. The fourth-order valence-electron chi connectivity index (χ4n) is 1.86. The average molecular weight is 311 g/mol. The van der Waals surface area contributed by atoms with E-state index < -0.39 is 10.9 Å². The monoisotopic (exact) mass is 310 g/mol. The third kappa shape index (κ3) is 2.87. The first-order valence-corrected chi connectivity index (χ1v) is 6.41. The Morgan fingerprint density at radius 2 is 2.24 bits per heavy atom. The normalized spacial score (nSPS) is 10.4. The second kappa shape index (κ2) is 5.92. The van der Waals surface area contributed by atoms with Crippen LogP contribution in [0.2, 0.25) is 5.02 Å². The van der Waals surface area contributed by atoms with Gasteiger partial charge in [0.15, 0.2) is 0 Å². The SMILES string of the molecule is CCOC(=O)c1c(-c2ccc(Cl)cc2[N+](=O)[O-])noc1C. The molecule has 0 aliphatic carbocycles. The van der Waals surface area contributed by atoms with E-state index in [4.69, 9.17) is 20.9 Å². The zero-order chi connectivity index (χ0) is 15.6. The van der Waals surface area contributed by atoms with Gasteiger partial charge in [0.2, 0.25) is 0 Å². The van der Waals surface area contributed by atoms with E-state index in [-0.39, 0.29) is 39.9 Å². The van der Waals surface area contributed by atoms with E-state index >= 15 is 0 Å². The van der Waals surface area contributed by atoms with Gasteiger partial charge in [-0.25, -0.2) is 4.79 Å². The number of hydrogen-bond donors (Lipinski definition) is 0. The molecule has 8 heteroatoms. The molecule has 0 N–H and O–H groups in total. The maximum atomic E-state index is 12.0. The van der Waals surface area contributed by atoms with Gasteiger partial charge in [-0.3, -0.25) is 10.1 Å². The van der Waals surface area contributed by atoms with Gasteiger partial charge in [-0.05, 0) is 26.0 Å². The van der Waals surface area contributed by atoms with E-state index in [1.165, 1.54) is 25.1 Å². The van der Waals surface area contributed by atoms with E-state index in [1.807, 2.05) is 0 Å². The predicted octanol–water partition coefficient (Wildman–Crippen LogP) is 3.39. The number of aryl methyl sites for hydroxylation is 1. The molecule has 0 saturated carbocycles. The van der Waals surface area contributed by atoms with Gasteiger partial charge in [-0.1, -0.05) is 16.8 Å². The Kier molecular flexibility index (Phi) is 4.23. The van der Waals surface area contributed by atoms with Crippen molar-refractivity contribution in [2.45, 2.75) is 13.8 Å². The molecule has 7 nitrogen and oxygen atoms in total. The van der Waals surface area contributed by atoms with Crippen molar-refractivity contribution in [3.8, 4) is 11.3 Å². The molecule has 2 aromatic rings. The summed E-state index contributed by atoms with van der Waals surface area (Å²) in [6.07, 6.45) is 0. The van der Waals surface area contributed by atoms with Crippen LogP contribution in [0.15, 0.2) is 22.7 Å². The number of rotatable bonds is 4. The summed E-state index contributed by atoms with van der Waals surface area (Å²) in [6, 6.07) is 4.08. The second-order valence-electron chi connectivity index (χ2n) is 4.10. The van der Waals surface area contributed by atoms with Crippen molar-refractivity contribution in [2.75, 3.05) is 6.61 Å². The molecule has 1 heterocycles. The third-order valence-corrected chi connectivity index (χ3v) is 2.99. The molecule has 0 fully saturated rings. The van der Waals surface area contributed by atoms with Crippen LogP contribution in [-0.2, 0) is 4.74 Å². The van der Waals surface area contributed by atoms with E-state index in [2.05, 4.69) is 5.16 Å².